The zero-order chi connectivity index (χ0) is 29.3. The van der Waals surface area contributed by atoms with Crippen LogP contribution >= 0.6 is 0 Å². The molecule has 0 spiro atoms. The number of para-hydroxylation sites is 2. The number of aliphatic carboxylic acids is 1. The summed E-state index contributed by atoms with van der Waals surface area (Å²) < 4.78 is 12.0. The standard InChI is InChI=1S/C32H39N5O5/c1-2-41-27-7-3-4-8-28(27)42-26-6-5-17-37(22-26)30-21-33-20-29(34-30)35-31(38)14-11-23-9-12-25(13-10-23)36-18-15-24(16-19-36)32(39)40/h3-4,7-10,12-13,20-21,24,26H,2,5-6,11,14-19,22H2,1H3,(H,39,40)(H,34,35,38)/t26-/m1/s1. The number of rotatable bonds is 11. The maximum absolute atomic E-state index is 12.7. The van der Waals surface area contributed by atoms with Gasteiger partial charge in [0.05, 0.1) is 31.5 Å². The van der Waals surface area contributed by atoms with Gasteiger partial charge < -0.3 is 29.7 Å². The molecular formula is C32H39N5O5. The van der Waals surface area contributed by atoms with Crippen LogP contribution in [0.1, 0.15) is 44.6 Å². The molecule has 0 unspecified atom stereocenters. The molecule has 2 N–H and O–H groups in total. The number of carboxylic acids is 1. The van der Waals surface area contributed by atoms with Crippen molar-refractivity contribution in [3.63, 3.8) is 0 Å². The molecule has 1 amide bonds. The molecule has 2 fully saturated rings. The van der Waals surface area contributed by atoms with Gasteiger partial charge in [0, 0.05) is 31.7 Å². The van der Waals surface area contributed by atoms with E-state index in [-0.39, 0.29) is 17.9 Å². The van der Waals surface area contributed by atoms with Crippen molar-refractivity contribution in [3.05, 3.63) is 66.5 Å². The van der Waals surface area contributed by atoms with Gasteiger partial charge in [0.15, 0.2) is 17.3 Å². The van der Waals surface area contributed by atoms with Crippen LogP contribution in [0.4, 0.5) is 17.3 Å². The average molecular weight is 574 g/mol. The molecule has 1 aromatic heterocycles. The minimum absolute atomic E-state index is 0.0108. The second-order valence-electron chi connectivity index (χ2n) is 10.8. The Kier molecular flexibility index (Phi) is 9.74. The third kappa shape index (κ3) is 7.69. The first kappa shape index (κ1) is 29.2. The van der Waals surface area contributed by atoms with E-state index in [0.29, 0.717) is 50.5 Å². The van der Waals surface area contributed by atoms with Gasteiger partial charge >= 0.3 is 5.97 Å². The summed E-state index contributed by atoms with van der Waals surface area (Å²) in [6.45, 7) is 5.52. The van der Waals surface area contributed by atoms with Crippen molar-refractivity contribution in [1.82, 2.24) is 9.97 Å². The predicted molar refractivity (Wildman–Crippen MR) is 161 cm³/mol. The third-order valence-corrected chi connectivity index (χ3v) is 7.82. The minimum Gasteiger partial charge on any atom is -0.490 e. The van der Waals surface area contributed by atoms with Crippen molar-refractivity contribution < 1.29 is 24.2 Å². The number of nitrogens with one attached hydrogen (secondary N) is 1. The molecule has 5 rings (SSSR count). The zero-order valence-electron chi connectivity index (χ0n) is 24.1. The lowest BCUT2D eigenvalue weighted by Crippen LogP contribution is -2.41. The number of carboxylic acid groups (broad SMARTS) is 1. The van der Waals surface area contributed by atoms with Crippen molar-refractivity contribution in [3.8, 4) is 11.5 Å². The number of anilines is 3. The largest absolute Gasteiger partial charge is 0.490 e. The third-order valence-electron chi connectivity index (χ3n) is 7.82. The van der Waals surface area contributed by atoms with E-state index in [2.05, 4.69) is 25.1 Å². The molecule has 1 atom stereocenters. The number of carbonyl (C=O) groups is 2. The van der Waals surface area contributed by atoms with Crippen LogP contribution in [0.5, 0.6) is 11.5 Å². The van der Waals surface area contributed by atoms with E-state index in [1.165, 1.54) is 0 Å². The van der Waals surface area contributed by atoms with Gasteiger partial charge in [-0.15, -0.1) is 0 Å². The van der Waals surface area contributed by atoms with Crippen molar-refractivity contribution in [1.29, 1.82) is 0 Å². The smallest absolute Gasteiger partial charge is 0.306 e. The van der Waals surface area contributed by atoms with Crippen LogP contribution in [0.2, 0.25) is 0 Å². The maximum Gasteiger partial charge on any atom is 0.306 e. The second kappa shape index (κ2) is 14.0. The number of nitrogens with zero attached hydrogens (tertiary/aromatic N) is 4. The van der Waals surface area contributed by atoms with E-state index < -0.39 is 5.97 Å². The quantitative estimate of drug-likeness (QED) is 0.334. The summed E-state index contributed by atoms with van der Waals surface area (Å²) in [5.41, 5.74) is 2.16. The summed E-state index contributed by atoms with van der Waals surface area (Å²) in [5, 5.41) is 12.1. The molecule has 0 radical (unpaired) electrons. The van der Waals surface area contributed by atoms with Gasteiger partial charge in [-0.3, -0.25) is 14.6 Å². The van der Waals surface area contributed by atoms with E-state index in [1.54, 1.807) is 12.4 Å². The summed E-state index contributed by atoms with van der Waals surface area (Å²) in [4.78, 5) is 37.3. The van der Waals surface area contributed by atoms with Crippen LogP contribution in [0.3, 0.4) is 0 Å². The summed E-state index contributed by atoms with van der Waals surface area (Å²) in [6, 6.07) is 15.9. The van der Waals surface area contributed by atoms with Gasteiger partial charge in [0.1, 0.15) is 11.9 Å². The van der Waals surface area contributed by atoms with Crippen LogP contribution in [-0.4, -0.2) is 65.8 Å². The van der Waals surface area contributed by atoms with Gasteiger partial charge in [-0.05, 0) is 68.9 Å². The highest BCUT2D eigenvalue weighted by atomic mass is 16.5. The molecule has 10 nitrogen and oxygen atoms in total. The molecule has 222 valence electrons. The molecule has 2 aliphatic rings. The molecule has 10 heteroatoms. The van der Waals surface area contributed by atoms with E-state index in [0.717, 1.165) is 55.2 Å². The molecule has 2 saturated heterocycles. The number of ether oxygens (including phenoxy) is 2. The lowest BCUT2D eigenvalue weighted by Gasteiger charge is -2.33. The molecule has 3 aromatic rings. The fourth-order valence-electron chi connectivity index (χ4n) is 5.53. The number of piperidine rings is 2. The Balaban J connectivity index is 1.11. The van der Waals surface area contributed by atoms with Gasteiger partial charge in [0.25, 0.3) is 0 Å². The molecular weight excluding hydrogens is 534 g/mol. The van der Waals surface area contributed by atoms with Gasteiger partial charge in [0.2, 0.25) is 5.91 Å². The highest BCUT2D eigenvalue weighted by Gasteiger charge is 2.25. The highest BCUT2D eigenvalue weighted by molar-refractivity contribution is 5.89. The summed E-state index contributed by atoms with van der Waals surface area (Å²) in [7, 11) is 0. The Hall–Kier alpha value is -4.34. The molecule has 0 bridgehead atoms. The van der Waals surface area contributed by atoms with Gasteiger partial charge in [-0.25, -0.2) is 4.98 Å². The van der Waals surface area contributed by atoms with Crippen LogP contribution in [0.15, 0.2) is 60.9 Å². The summed E-state index contributed by atoms with van der Waals surface area (Å²) in [5.74, 6) is 1.57. The first-order valence-electron chi connectivity index (χ1n) is 14.8. The fourth-order valence-corrected chi connectivity index (χ4v) is 5.53. The Bertz CT molecular complexity index is 1340. The van der Waals surface area contributed by atoms with E-state index >= 15 is 0 Å². The molecule has 3 heterocycles. The topological polar surface area (TPSA) is 117 Å². The fraction of sp³-hybridized carbons (Fsp3) is 0.438. The first-order chi connectivity index (χ1) is 20.5. The number of hydrogen-bond acceptors (Lipinski definition) is 8. The van der Waals surface area contributed by atoms with Gasteiger partial charge in [-0.1, -0.05) is 24.3 Å². The number of aromatic nitrogens is 2. The van der Waals surface area contributed by atoms with Crippen LogP contribution in [0.25, 0.3) is 0 Å². The lowest BCUT2D eigenvalue weighted by atomic mass is 9.96. The molecule has 2 aromatic carbocycles. The normalized spacial score (nSPS) is 17.5. The van der Waals surface area contributed by atoms with Gasteiger partial charge in [-0.2, -0.15) is 0 Å². The Labute approximate surface area is 246 Å². The predicted octanol–water partition coefficient (Wildman–Crippen LogP) is 4.80. The summed E-state index contributed by atoms with van der Waals surface area (Å²) >= 11 is 0. The van der Waals surface area contributed by atoms with Crippen LogP contribution in [-0.2, 0) is 16.0 Å². The monoisotopic (exact) mass is 573 g/mol. The molecule has 0 saturated carbocycles. The SMILES string of the molecule is CCOc1ccccc1O[C@@H]1CCCN(c2cncc(NC(=O)CCc3ccc(N4CCC(C(=O)O)CC4)cc3)n2)C1. The molecule has 2 aliphatic heterocycles. The van der Waals surface area contributed by atoms with Crippen molar-refractivity contribution >= 4 is 29.2 Å². The van der Waals surface area contributed by atoms with E-state index in [1.807, 2.05) is 55.5 Å². The minimum atomic E-state index is -0.703. The van der Waals surface area contributed by atoms with Crippen molar-refractivity contribution in [2.24, 2.45) is 5.92 Å². The number of hydrogen-bond donors (Lipinski definition) is 2. The lowest BCUT2D eigenvalue weighted by molar-refractivity contribution is -0.142. The number of aryl methyl sites for hydroxylation is 1. The highest BCUT2D eigenvalue weighted by Crippen LogP contribution is 2.30. The van der Waals surface area contributed by atoms with Crippen molar-refractivity contribution in [2.75, 3.05) is 47.9 Å². The molecule has 0 aliphatic carbocycles. The average Bonchev–Trinajstić information content (AvgIpc) is 3.02. The number of amides is 1. The van der Waals surface area contributed by atoms with Crippen LogP contribution < -0.4 is 24.6 Å². The first-order valence-corrected chi connectivity index (χ1v) is 14.8. The van der Waals surface area contributed by atoms with E-state index in [9.17, 15) is 14.7 Å². The number of carbonyl (C=O) groups excluding carboxylic acids is 1. The Morgan fingerprint density at radius 1 is 0.976 bits per heavy atom. The Morgan fingerprint density at radius 2 is 1.74 bits per heavy atom. The number of benzene rings is 2. The van der Waals surface area contributed by atoms with E-state index in [4.69, 9.17) is 9.47 Å². The summed E-state index contributed by atoms with van der Waals surface area (Å²) in [6.07, 6.45) is 7.43. The van der Waals surface area contributed by atoms with Crippen LogP contribution in [0, 0.1) is 5.92 Å². The Morgan fingerprint density at radius 3 is 2.48 bits per heavy atom. The zero-order valence-corrected chi connectivity index (χ0v) is 24.1. The molecule has 42 heavy (non-hydrogen) atoms. The second-order valence-corrected chi connectivity index (χ2v) is 10.8. The van der Waals surface area contributed by atoms with Crippen molar-refractivity contribution in [2.45, 2.75) is 51.6 Å². The maximum atomic E-state index is 12.7.